The van der Waals surface area contributed by atoms with E-state index in [4.69, 9.17) is 14.2 Å². The summed E-state index contributed by atoms with van der Waals surface area (Å²) in [4.78, 5) is 51.3. The number of ether oxygens (including phenoxy) is 3. The molecule has 0 fully saturated rings. The third-order valence-electron chi connectivity index (χ3n) is 6.08. The largest absolute Gasteiger partial charge is 0.462 e. The zero-order valence-electron chi connectivity index (χ0n) is 23.5. The van der Waals surface area contributed by atoms with Crippen molar-refractivity contribution in [2.75, 3.05) is 43.7 Å². The minimum atomic E-state index is -0.367. The van der Waals surface area contributed by atoms with E-state index in [0.29, 0.717) is 43.2 Å². The number of carbonyl (C=O) groups is 4. The Kier molecular flexibility index (Phi) is 11.9. The maximum atomic E-state index is 12.5. The Labute approximate surface area is 243 Å². The summed E-state index contributed by atoms with van der Waals surface area (Å²) in [5.41, 5.74) is 2.43. The molecule has 2 amide bonds. The molecule has 0 bridgehead atoms. The Morgan fingerprint density at radius 2 is 1.48 bits per heavy atom. The molecule has 2 atom stereocenters. The average molecular weight is 589 g/mol. The van der Waals surface area contributed by atoms with Crippen LogP contribution in [-0.4, -0.2) is 67.7 Å². The smallest absolute Gasteiger partial charge is 0.338 e. The van der Waals surface area contributed by atoms with Gasteiger partial charge >= 0.3 is 11.9 Å². The van der Waals surface area contributed by atoms with Crippen molar-refractivity contribution in [3.8, 4) is 0 Å². The first-order valence-electron chi connectivity index (χ1n) is 13.3. The lowest BCUT2D eigenvalue weighted by Crippen LogP contribution is -2.40. The van der Waals surface area contributed by atoms with Crippen LogP contribution in [0.5, 0.6) is 0 Å². The third kappa shape index (κ3) is 8.02. The minimum Gasteiger partial charge on any atom is -0.462 e. The number of nitrogens with zero attached hydrogens (tertiary/aromatic N) is 1. The molecular weight excluding hydrogens is 552 g/mol. The number of fused-ring (bicyclic) bond motifs is 2. The summed E-state index contributed by atoms with van der Waals surface area (Å²) in [6.07, 6.45) is 1.76. The van der Waals surface area contributed by atoms with Gasteiger partial charge in [-0.05, 0) is 76.9 Å². The van der Waals surface area contributed by atoms with E-state index in [1.165, 1.54) is 23.5 Å². The number of methoxy groups -OCH3 is 1. The summed E-state index contributed by atoms with van der Waals surface area (Å²) in [5.74, 6) is -0.677. The molecular formula is C29H36N2O7S2. The minimum absolute atomic E-state index is 0.0384. The molecule has 2 aliphatic rings. The SMILES string of the molecule is CCOC(=O)c1ccc2c(c1)N(CCCCOC)C(=O)[C@@H](C)S2.CCOC(=O)c1ccc2c(c1)NC(=O)[C@@H](C)S2. The maximum Gasteiger partial charge on any atom is 0.338 e. The van der Waals surface area contributed by atoms with Crippen molar-refractivity contribution in [1.82, 2.24) is 0 Å². The van der Waals surface area contributed by atoms with E-state index in [0.717, 1.165) is 28.3 Å². The summed E-state index contributed by atoms with van der Waals surface area (Å²) < 4.78 is 15.0. The molecule has 216 valence electrons. The van der Waals surface area contributed by atoms with E-state index >= 15 is 0 Å². The Morgan fingerprint density at radius 1 is 0.875 bits per heavy atom. The molecule has 2 aromatic carbocycles. The fraction of sp³-hybridized carbons (Fsp3) is 0.448. The molecule has 0 spiro atoms. The zero-order valence-corrected chi connectivity index (χ0v) is 25.1. The highest BCUT2D eigenvalue weighted by Crippen LogP contribution is 2.40. The predicted octanol–water partition coefficient (Wildman–Crippen LogP) is 5.41. The van der Waals surface area contributed by atoms with Gasteiger partial charge < -0.3 is 24.4 Å². The van der Waals surface area contributed by atoms with Crippen molar-refractivity contribution in [3.63, 3.8) is 0 Å². The molecule has 1 N–H and O–H groups in total. The van der Waals surface area contributed by atoms with Gasteiger partial charge in [0.15, 0.2) is 0 Å². The second-order valence-electron chi connectivity index (χ2n) is 9.03. The number of benzene rings is 2. The molecule has 0 aromatic heterocycles. The van der Waals surface area contributed by atoms with Crippen LogP contribution in [0.25, 0.3) is 0 Å². The van der Waals surface area contributed by atoms with Crippen molar-refractivity contribution in [1.29, 1.82) is 0 Å². The molecule has 0 aliphatic carbocycles. The lowest BCUT2D eigenvalue weighted by Gasteiger charge is -2.32. The topological polar surface area (TPSA) is 111 Å². The Bertz CT molecular complexity index is 1240. The van der Waals surface area contributed by atoms with Crippen LogP contribution in [0.3, 0.4) is 0 Å². The molecule has 2 aliphatic heterocycles. The molecule has 0 radical (unpaired) electrons. The van der Waals surface area contributed by atoms with E-state index in [9.17, 15) is 19.2 Å². The molecule has 4 rings (SSSR count). The van der Waals surface area contributed by atoms with Gasteiger partial charge in [0.25, 0.3) is 0 Å². The van der Waals surface area contributed by atoms with E-state index in [1.807, 2.05) is 26.0 Å². The summed E-state index contributed by atoms with van der Waals surface area (Å²) >= 11 is 3.02. The van der Waals surface area contributed by atoms with Crippen LogP contribution in [-0.2, 0) is 23.8 Å². The van der Waals surface area contributed by atoms with Crippen molar-refractivity contribution in [2.24, 2.45) is 0 Å². The summed E-state index contributed by atoms with van der Waals surface area (Å²) in [6.45, 7) is 9.29. The molecule has 0 saturated heterocycles. The molecule has 0 saturated carbocycles. The van der Waals surface area contributed by atoms with E-state index < -0.39 is 0 Å². The number of amides is 2. The molecule has 9 nitrogen and oxygen atoms in total. The maximum absolute atomic E-state index is 12.5. The first kappa shape index (κ1) is 31.5. The second-order valence-corrected chi connectivity index (χ2v) is 11.8. The van der Waals surface area contributed by atoms with Crippen molar-refractivity contribution >= 4 is 58.7 Å². The van der Waals surface area contributed by atoms with Crippen LogP contribution in [0.2, 0.25) is 0 Å². The van der Waals surface area contributed by atoms with Gasteiger partial charge in [0.2, 0.25) is 11.8 Å². The van der Waals surface area contributed by atoms with E-state index in [1.54, 1.807) is 50.1 Å². The fourth-order valence-electron chi connectivity index (χ4n) is 4.05. The number of carbonyl (C=O) groups excluding carboxylic acids is 4. The summed E-state index contributed by atoms with van der Waals surface area (Å²) in [6, 6.07) is 10.6. The van der Waals surface area contributed by atoms with Gasteiger partial charge in [-0.1, -0.05) is 0 Å². The highest BCUT2D eigenvalue weighted by Gasteiger charge is 2.31. The number of esters is 2. The standard InChI is InChI=1S/C17H23NO4S.C12H13NO3S/c1-4-22-17(20)13-7-8-15-14(11-13)18(9-5-6-10-21-3)16(19)12(2)23-15;1-3-16-12(15)8-4-5-10-9(6-8)13-11(14)7(2)17-10/h7-8,11-12H,4-6,9-10H2,1-3H3;4-7H,3H2,1-2H3,(H,13,14)/t12-;7-/m11/s1. The molecule has 2 heterocycles. The van der Waals surface area contributed by atoms with Crippen LogP contribution < -0.4 is 10.2 Å². The van der Waals surface area contributed by atoms with Crippen LogP contribution in [0.1, 0.15) is 61.3 Å². The average Bonchev–Trinajstić information content (AvgIpc) is 2.93. The van der Waals surface area contributed by atoms with Crippen molar-refractivity contribution in [3.05, 3.63) is 47.5 Å². The third-order valence-corrected chi connectivity index (χ3v) is 8.41. The van der Waals surface area contributed by atoms with Gasteiger partial charge in [-0.2, -0.15) is 0 Å². The first-order valence-corrected chi connectivity index (χ1v) is 15.0. The zero-order chi connectivity index (χ0) is 29.2. The summed E-state index contributed by atoms with van der Waals surface area (Å²) in [7, 11) is 1.67. The van der Waals surface area contributed by atoms with Gasteiger partial charge in [-0.3, -0.25) is 9.59 Å². The monoisotopic (exact) mass is 588 g/mol. The molecule has 2 aromatic rings. The molecule has 11 heteroatoms. The van der Waals surface area contributed by atoms with Gasteiger partial charge in [0, 0.05) is 30.1 Å². The Morgan fingerprint density at radius 3 is 2.10 bits per heavy atom. The van der Waals surface area contributed by atoms with Crippen LogP contribution in [0.15, 0.2) is 46.2 Å². The lowest BCUT2D eigenvalue weighted by atomic mass is 10.1. The summed E-state index contributed by atoms with van der Waals surface area (Å²) in [5, 5.41) is 2.57. The number of thioether (sulfide) groups is 2. The van der Waals surface area contributed by atoms with Gasteiger partial charge in [0.1, 0.15) is 0 Å². The molecule has 0 unspecified atom stereocenters. The van der Waals surface area contributed by atoms with Gasteiger partial charge in [-0.25, -0.2) is 9.59 Å². The lowest BCUT2D eigenvalue weighted by molar-refractivity contribution is -0.118. The predicted molar refractivity (Wildman–Crippen MR) is 158 cm³/mol. The van der Waals surface area contributed by atoms with Crippen LogP contribution in [0, 0.1) is 0 Å². The van der Waals surface area contributed by atoms with Gasteiger partial charge in [-0.15, -0.1) is 23.5 Å². The van der Waals surface area contributed by atoms with Crippen molar-refractivity contribution < 1.29 is 33.4 Å². The normalized spacial score (nSPS) is 17.6. The quantitative estimate of drug-likeness (QED) is 0.303. The molecule has 40 heavy (non-hydrogen) atoms. The number of hydrogen-bond donors (Lipinski definition) is 1. The highest BCUT2D eigenvalue weighted by atomic mass is 32.2. The van der Waals surface area contributed by atoms with E-state index in [-0.39, 0.29) is 34.3 Å². The first-order chi connectivity index (χ1) is 19.2. The Hall–Kier alpha value is -3.02. The number of hydrogen-bond acceptors (Lipinski definition) is 9. The van der Waals surface area contributed by atoms with E-state index in [2.05, 4.69) is 5.32 Å². The van der Waals surface area contributed by atoms with Crippen molar-refractivity contribution in [2.45, 2.75) is 60.8 Å². The number of nitrogens with one attached hydrogen (secondary N) is 1. The van der Waals surface area contributed by atoms with Gasteiger partial charge in [0.05, 0.1) is 46.2 Å². The van der Waals surface area contributed by atoms with Crippen LogP contribution >= 0.6 is 23.5 Å². The number of unbranched alkanes of at least 4 members (excludes halogenated alkanes) is 1. The Balaban J connectivity index is 0.000000230. The second kappa shape index (κ2) is 15.1. The number of anilines is 2. The number of rotatable bonds is 9. The fourth-order valence-corrected chi connectivity index (χ4v) is 6.02. The highest BCUT2D eigenvalue weighted by molar-refractivity contribution is 8.01. The van der Waals surface area contributed by atoms with Crippen LogP contribution in [0.4, 0.5) is 11.4 Å².